The van der Waals surface area contributed by atoms with Crippen molar-refractivity contribution in [3.8, 4) is 33.8 Å². The number of hydrogen-bond donors (Lipinski definition) is 1. The summed E-state index contributed by atoms with van der Waals surface area (Å²) in [6.07, 6.45) is -0.645. The van der Waals surface area contributed by atoms with Crippen molar-refractivity contribution in [1.29, 1.82) is 0 Å². The molecule has 0 saturated heterocycles. The largest absolute Gasteiger partial charge is 0.480 e. The van der Waals surface area contributed by atoms with Crippen molar-refractivity contribution in [2.24, 2.45) is 0 Å². The first-order valence-corrected chi connectivity index (χ1v) is 14.4. The Kier molecular flexibility index (Phi) is 9.62. The molecule has 44 heavy (non-hydrogen) atoms. The number of fused-ring (bicyclic) bond motifs is 1. The lowest BCUT2D eigenvalue weighted by Crippen LogP contribution is -2.28. The van der Waals surface area contributed by atoms with Gasteiger partial charge in [0.2, 0.25) is 0 Å². The second-order valence-electron chi connectivity index (χ2n) is 9.87. The molecule has 0 bridgehead atoms. The van der Waals surface area contributed by atoms with Gasteiger partial charge < -0.3 is 23.7 Å². The summed E-state index contributed by atoms with van der Waals surface area (Å²) in [5, 5.41) is 11.0. The highest BCUT2D eigenvalue weighted by molar-refractivity contribution is 6.30. The monoisotopic (exact) mass is 612 g/mol. The van der Waals surface area contributed by atoms with Crippen molar-refractivity contribution in [2.75, 3.05) is 13.2 Å². The number of ether oxygens (including phenoxy) is 3. The molecule has 1 aromatic heterocycles. The lowest BCUT2D eigenvalue weighted by atomic mass is 10.0. The van der Waals surface area contributed by atoms with Crippen LogP contribution in [0.25, 0.3) is 33.2 Å². The van der Waals surface area contributed by atoms with Gasteiger partial charge in [-0.25, -0.2) is 14.4 Å². The van der Waals surface area contributed by atoms with Crippen molar-refractivity contribution >= 4 is 34.5 Å². The molecule has 0 aliphatic rings. The Labute approximate surface area is 258 Å². The van der Waals surface area contributed by atoms with E-state index in [0.29, 0.717) is 17.0 Å². The number of carbonyl (C=O) groups is 2. The van der Waals surface area contributed by atoms with Gasteiger partial charge in [0, 0.05) is 5.02 Å². The van der Waals surface area contributed by atoms with Crippen LogP contribution in [-0.4, -0.2) is 36.4 Å². The van der Waals surface area contributed by atoms with Gasteiger partial charge in [-0.2, -0.15) is 0 Å². The standard InChI is InChI=1S/C35H29ClO8/c1-2-41-30(37)21-42-33-31(25-7-4-3-5-8-25)35(40)44-28-10-6-9-27(32(28)33)43-29(34(38)39)20-13-22-11-14-23(15-12-22)24-16-18-26(36)19-17-24/h3-12,14-19,29H,2,13,20-21H2,1H3,(H,38,39). The maximum Gasteiger partial charge on any atom is 0.347 e. The molecule has 1 heterocycles. The molecule has 9 heteroatoms. The Bertz CT molecular complexity index is 1810. The number of benzene rings is 4. The van der Waals surface area contributed by atoms with E-state index >= 15 is 0 Å². The molecule has 0 radical (unpaired) electrons. The third-order valence-electron chi connectivity index (χ3n) is 6.92. The zero-order valence-corrected chi connectivity index (χ0v) is 24.6. The summed E-state index contributed by atoms with van der Waals surface area (Å²) in [6.45, 7) is 1.35. The number of halogens is 1. The number of carbonyl (C=O) groups excluding carboxylic acids is 1. The number of esters is 1. The van der Waals surface area contributed by atoms with Crippen LogP contribution in [0.1, 0.15) is 18.9 Å². The topological polar surface area (TPSA) is 112 Å². The number of rotatable bonds is 12. The minimum atomic E-state index is -1.23. The van der Waals surface area contributed by atoms with Gasteiger partial charge >= 0.3 is 17.6 Å². The molecule has 224 valence electrons. The van der Waals surface area contributed by atoms with Crippen LogP contribution >= 0.6 is 11.6 Å². The van der Waals surface area contributed by atoms with Gasteiger partial charge in [0.05, 0.1) is 6.61 Å². The number of carboxylic acid groups (broad SMARTS) is 1. The molecule has 0 saturated carbocycles. The minimum absolute atomic E-state index is 0.0352. The summed E-state index contributed by atoms with van der Waals surface area (Å²) in [4.78, 5) is 37.7. The van der Waals surface area contributed by atoms with E-state index in [2.05, 4.69) is 0 Å². The maximum absolute atomic E-state index is 13.2. The summed E-state index contributed by atoms with van der Waals surface area (Å²) in [7, 11) is 0. The van der Waals surface area contributed by atoms with E-state index in [4.69, 9.17) is 30.2 Å². The van der Waals surface area contributed by atoms with Gasteiger partial charge in [0.15, 0.2) is 12.7 Å². The van der Waals surface area contributed by atoms with E-state index in [1.165, 1.54) is 0 Å². The predicted molar refractivity (Wildman–Crippen MR) is 167 cm³/mol. The summed E-state index contributed by atoms with van der Waals surface area (Å²) in [6, 6.07) is 28.8. The Morgan fingerprint density at radius 1 is 0.864 bits per heavy atom. The fourth-order valence-corrected chi connectivity index (χ4v) is 4.93. The Hall–Kier alpha value is -5.08. The lowest BCUT2D eigenvalue weighted by molar-refractivity contribution is -0.146. The lowest BCUT2D eigenvalue weighted by Gasteiger charge is -2.19. The molecular weight excluding hydrogens is 584 g/mol. The average molecular weight is 613 g/mol. The van der Waals surface area contributed by atoms with Crippen LogP contribution in [0.15, 0.2) is 106 Å². The van der Waals surface area contributed by atoms with Crippen molar-refractivity contribution in [2.45, 2.75) is 25.9 Å². The predicted octanol–water partition coefficient (Wildman–Crippen LogP) is 7.19. The fraction of sp³-hybridized carbons (Fsp3) is 0.171. The Balaban J connectivity index is 1.45. The molecule has 4 aromatic carbocycles. The Morgan fingerprint density at radius 3 is 2.20 bits per heavy atom. The second kappa shape index (κ2) is 13.9. The highest BCUT2D eigenvalue weighted by Gasteiger charge is 2.26. The number of aliphatic carboxylic acids is 1. The van der Waals surface area contributed by atoms with Crippen molar-refractivity contribution in [1.82, 2.24) is 0 Å². The SMILES string of the molecule is CCOC(=O)COc1c(-c2ccccc2)c(=O)oc2cccc(OC(CCc3ccc(-c4ccc(Cl)cc4)cc3)C(=O)O)c12. The number of aryl methyl sites for hydroxylation is 1. The van der Waals surface area contributed by atoms with Crippen LogP contribution in [0.3, 0.4) is 0 Å². The zero-order valence-electron chi connectivity index (χ0n) is 23.8. The molecule has 5 aromatic rings. The molecular formula is C35H29ClO8. The highest BCUT2D eigenvalue weighted by Crippen LogP contribution is 2.40. The van der Waals surface area contributed by atoms with Gasteiger partial charge in [-0.1, -0.05) is 84.4 Å². The third-order valence-corrected chi connectivity index (χ3v) is 7.17. The van der Waals surface area contributed by atoms with Crippen molar-refractivity contribution in [3.63, 3.8) is 0 Å². The first-order valence-electron chi connectivity index (χ1n) is 14.0. The van der Waals surface area contributed by atoms with E-state index < -0.39 is 30.3 Å². The molecule has 0 spiro atoms. The fourth-order valence-electron chi connectivity index (χ4n) is 4.81. The van der Waals surface area contributed by atoms with E-state index in [9.17, 15) is 19.5 Å². The van der Waals surface area contributed by atoms with Gasteiger partial charge in [0.25, 0.3) is 0 Å². The van der Waals surface area contributed by atoms with E-state index in [0.717, 1.165) is 16.7 Å². The smallest absolute Gasteiger partial charge is 0.347 e. The average Bonchev–Trinajstić information content (AvgIpc) is 3.02. The van der Waals surface area contributed by atoms with Gasteiger partial charge in [-0.05, 0) is 66.3 Å². The van der Waals surface area contributed by atoms with Crippen molar-refractivity contribution < 1.29 is 33.3 Å². The van der Waals surface area contributed by atoms with Gasteiger partial charge in [-0.3, -0.25) is 0 Å². The molecule has 0 amide bonds. The van der Waals surface area contributed by atoms with Crippen LogP contribution in [0.5, 0.6) is 11.5 Å². The molecule has 1 atom stereocenters. The number of carboxylic acids is 1. The molecule has 0 aliphatic heterocycles. The van der Waals surface area contributed by atoms with Crippen LogP contribution in [0.2, 0.25) is 5.02 Å². The van der Waals surface area contributed by atoms with Gasteiger partial charge in [0.1, 0.15) is 28.0 Å². The molecule has 0 fully saturated rings. The van der Waals surface area contributed by atoms with E-state index in [1.807, 2.05) is 48.5 Å². The zero-order chi connectivity index (χ0) is 31.1. The third kappa shape index (κ3) is 7.10. The summed E-state index contributed by atoms with van der Waals surface area (Å²) in [5.74, 6) is -1.62. The first-order chi connectivity index (χ1) is 21.3. The maximum atomic E-state index is 13.2. The second-order valence-corrected chi connectivity index (χ2v) is 10.3. The Morgan fingerprint density at radius 2 is 1.55 bits per heavy atom. The molecule has 1 N–H and O–H groups in total. The van der Waals surface area contributed by atoms with Crippen LogP contribution in [-0.2, 0) is 20.7 Å². The number of hydrogen-bond acceptors (Lipinski definition) is 7. The molecule has 1 unspecified atom stereocenters. The minimum Gasteiger partial charge on any atom is -0.480 e. The van der Waals surface area contributed by atoms with Crippen molar-refractivity contribution in [3.05, 3.63) is 118 Å². The van der Waals surface area contributed by atoms with E-state index in [-0.39, 0.29) is 41.1 Å². The highest BCUT2D eigenvalue weighted by atomic mass is 35.5. The summed E-state index contributed by atoms with van der Waals surface area (Å²) in [5.41, 5.74) is 2.97. The summed E-state index contributed by atoms with van der Waals surface area (Å²) >= 11 is 6.00. The van der Waals surface area contributed by atoms with Gasteiger partial charge in [-0.15, -0.1) is 0 Å². The van der Waals surface area contributed by atoms with E-state index in [1.54, 1.807) is 55.5 Å². The molecule has 0 aliphatic carbocycles. The quantitative estimate of drug-likeness (QED) is 0.116. The molecule has 8 nitrogen and oxygen atoms in total. The van der Waals surface area contributed by atoms with Crippen LogP contribution in [0, 0.1) is 0 Å². The van der Waals surface area contributed by atoms with Crippen LogP contribution in [0.4, 0.5) is 0 Å². The molecule has 5 rings (SSSR count). The first kappa shape index (κ1) is 30.4. The summed E-state index contributed by atoms with van der Waals surface area (Å²) < 4.78 is 22.6. The normalized spacial score (nSPS) is 11.6. The van der Waals surface area contributed by atoms with Crippen LogP contribution < -0.4 is 15.1 Å².